The van der Waals surface area contributed by atoms with Crippen molar-refractivity contribution in [2.45, 2.75) is 46.0 Å². The van der Waals surface area contributed by atoms with Crippen LogP contribution in [0.25, 0.3) is 0 Å². The first-order chi connectivity index (χ1) is 10.0. The summed E-state index contributed by atoms with van der Waals surface area (Å²) in [6.07, 6.45) is 5.41. The summed E-state index contributed by atoms with van der Waals surface area (Å²) in [5.74, 6) is 5.67. The first-order valence-corrected chi connectivity index (χ1v) is 7.57. The lowest BCUT2D eigenvalue weighted by molar-refractivity contribution is -0.126. The Kier molecular flexibility index (Phi) is 5.03. The Labute approximate surface area is 126 Å². The van der Waals surface area contributed by atoms with Crippen molar-refractivity contribution in [2.24, 2.45) is 5.41 Å². The fraction of sp³-hybridized carbons (Fsp3) is 0.500. The molecule has 2 N–H and O–H groups in total. The molecule has 1 aromatic carbocycles. The van der Waals surface area contributed by atoms with Gasteiger partial charge in [0.05, 0.1) is 0 Å². The van der Waals surface area contributed by atoms with Crippen LogP contribution in [0.4, 0.5) is 5.69 Å². The summed E-state index contributed by atoms with van der Waals surface area (Å²) in [5, 5.41) is 11.8. The van der Waals surface area contributed by atoms with Crippen LogP contribution in [0.5, 0.6) is 0 Å². The van der Waals surface area contributed by atoms with E-state index in [9.17, 15) is 4.79 Å². The van der Waals surface area contributed by atoms with Gasteiger partial charge in [-0.15, -0.1) is 0 Å². The number of hydrogen-bond acceptors (Lipinski definition) is 2. The van der Waals surface area contributed by atoms with E-state index in [0.29, 0.717) is 0 Å². The summed E-state index contributed by atoms with van der Waals surface area (Å²) in [6, 6.07) is 5.73. The average molecular weight is 285 g/mol. The van der Waals surface area contributed by atoms with Gasteiger partial charge in [0.2, 0.25) is 5.91 Å². The molecule has 0 radical (unpaired) electrons. The van der Waals surface area contributed by atoms with Crippen molar-refractivity contribution in [3.63, 3.8) is 0 Å². The summed E-state index contributed by atoms with van der Waals surface area (Å²) in [4.78, 5) is 12.5. The predicted molar refractivity (Wildman–Crippen MR) is 85.0 cm³/mol. The number of benzene rings is 1. The molecule has 1 fully saturated rings. The van der Waals surface area contributed by atoms with Crippen LogP contribution in [0.15, 0.2) is 18.2 Å². The molecule has 1 aromatic rings. The molecule has 2 rings (SSSR count). The summed E-state index contributed by atoms with van der Waals surface area (Å²) >= 11 is 0. The van der Waals surface area contributed by atoms with Crippen LogP contribution in [0, 0.1) is 24.2 Å². The quantitative estimate of drug-likeness (QED) is 0.820. The van der Waals surface area contributed by atoms with Crippen molar-refractivity contribution in [1.82, 2.24) is 0 Å². The van der Waals surface area contributed by atoms with Crippen LogP contribution in [-0.4, -0.2) is 17.6 Å². The van der Waals surface area contributed by atoms with Crippen LogP contribution in [0.2, 0.25) is 0 Å². The number of amides is 1. The molecule has 0 saturated heterocycles. The normalized spacial score (nSPS) is 16.7. The monoisotopic (exact) mass is 285 g/mol. The van der Waals surface area contributed by atoms with Crippen molar-refractivity contribution in [1.29, 1.82) is 0 Å². The molecular weight excluding hydrogens is 262 g/mol. The zero-order valence-electron chi connectivity index (χ0n) is 12.8. The Morgan fingerprint density at radius 2 is 2.05 bits per heavy atom. The number of anilines is 1. The highest BCUT2D eigenvalue weighted by molar-refractivity contribution is 5.95. The van der Waals surface area contributed by atoms with E-state index in [1.807, 2.05) is 25.1 Å². The Morgan fingerprint density at radius 1 is 1.33 bits per heavy atom. The molecule has 0 heterocycles. The molecule has 21 heavy (non-hydrogen) atoms. The zero-order chi connectivity index (χ0) is 15.3. The van der Waals surface area contributed by atoms with Gasteiger partial charge < -0.3 is 10.4 Å². The maximum atomic E-state index is 12.5. The van der Waals surface area contributed by atoms with Crippen LogP contribution in [0.1, 0.15) is 50.2 Å². The van der Waals surface area contributed by atoms with Gasteiger partial charge in [0, 0.05) is 16.7 Å². The number of carbonyl (C=O) groups is 1. The molecule has 112 valence electrons. The predicted octanol–water partition coefficient (Wildman–Crippen LogP) is 3.25. The molecule has 1 saturated carbocycles. The summed E-state index contributed by atoms with van der Waals surface area (Å²) in [5.41, 5.74) is 2.41. The molecule has 3 nitrogen and oxygen atoms in total. The lowest BCUT2D eigenvalue weighted by atomic mass is 9.75. The highest BCUT2D eigenvalue weighted by atomic mass is 16.2. The third-order valence-corrected chi connectivity index (χ3v) is 4.30. The van der Waals surface area contributed by atoms with E-state index in [1.165, 1.54) is 6.42 Å². The molecule has 3 heteroatoms. The molecular formula is C18H23NO2. The van der Waals surface area contributed by atoms with Crippen molar-refractivity contribution < 1.29 is 9.90 Å². The lowest BCUT2D eigenvalue weighted by Gasteiger charge is -2.32. The van der Waals surface area contributed by atoms with Crippen molar-refractivity contribution in [2.75, 3.05) is 11.9 Å². The molecule has 1 aliphatic rings. The van der Waals surface area contributed by atoms with Gasteiger partial charge >= 0.3 is 0 Å². The molecule has 1 aliphatic carbocycles. The number of rotatable bonds is 2. The molecule has 0 aromatic heterocycles. The van der Waals surface area contributed by atoms with Gasteiger partial charge in [0.1, 0.15) is 6.61 Å². The van der Waals surface area contributed by atoms with Crippen molar-refractivity contribution >= 4 is 11.6 Å². The van der Waals surface area contributed by atoms with Gasteiger partial charge in [-0.1, -0.05) is 44.1 Å². The van der Waals surface area contributed by atoms with E-state index in [2.05, 4.69) is 24.1 Å². The molecule has 1 amide bonds. The first-order valence-electron chi connectivity index (χ1n) is 7.57. The number of hydrogen-bond donors (Lipinski definition) is 2. The fourth-order valence-corrected chi connectivity index (χ4v) is 2.81. The number of carbonyl (C=O) groups excluding carboxylic acids is 1. The fourth-order valence-electron chi connectivity index (χ4n) is 2.81. The lowest BCUT2D eigenvalue weighted by Crippen LogP contribution is -2.35. The third kappa shape index (κ3) is 3.86. The second kappa shape index (κ2) is 6.78. The van der Waals surface area contributed by atoms with Gasteiger partial charge in [-0.3, -0.25) is 4.79 Å². The Hall–Kier alpha value is -1.79. The van der Waals surface area contributed by atoms with E-state index >= 15 is 0 Å². The maximum absolute atomic E-state index is 12.5. The van der Waals surface area contributed by atoms with Crippen LogP contribution in [-0.2, 0) is 4.79 Å². The highest BCUT2D eigenvalue weighted by Gasteiger charge is 2.34. The number of nitrogens with one attached hydrogen (secondary N) is 1. The van der Waals surface area contributed by atoms with E-state index < -0.39 is 0 Å². The molecule has 0 aliphatic heterocycles. The van der Waals surface area contributed by atoms with Crippen LogP contribution < -0.4 is 5.32 Å². The van der Waals surface area contributed by atoms with Crippen molar-refractivity contribution in [3.05, 3.63) is 29.3 Å². The molecule has 0 atom stereocenters. The Balaban J connectivity index is 2.14. The van der Waals surface area contributed by atoms with Crippen LogP contribution in [0.3, 0.4) is 0 Å². The average Bonchev–Trinajstić information content (AvgIpc) is 2.48. The largest absolute Gasteiger partial charge is 0.384 e. The highest BCUT2D eigenvalue weighted by Crippen LogP contribution is 2.36. The van der Waals surface area contributed by atoms with E-state index in [0.717, 1.165) is 42.5 Å². The smallest absolute Gasteiger partial charge is 0.230 e. The van der Waals surface area contributed by atoms with Gasteiger partial charge in [0.15, 0.2) is 0 Å². The second-order valence-electron chi connectivity index (χ2n) is 6.07. The van der Waals surface area contributed by atoms with Crippen LogP contribution >= 0.6 is 0 Å². The van der Waals surface area contributed by atoms with Crippen molar-refractivity contribution in [3.8, 4) is 11.8 Å². The SMILES string of the molecule is Cc1ccc(NC(=O)C2(C)CCCCC2)cc1C#CCO. The van der Waals surface area contributed by atoms with E-state index in [-0.39, 0.29) is 17.9 Å². The first kappa shape index (κ1) is 15.6. The number of aliphatic hydroxyl groups is 1. The summed E-state index contributed by atoms with van der Waals surface area (Å²) in [6.45, 7) is 3.87. The van der Waals surface area contributed by atoms with E-state index in [4.69, 9.17) is 5.11 Å². The topological polar surface area (TPSA) is 49.3 Å². The third-order valence-electron chi connectivity index (χ3n) is 4.30. The Morgan fingerprint density at radius 3 is 2.71 bits per heavy atom. The minimum Gasteiger partial charge on any atom is -0.384 e. The molecule has 0 unspecified atom stereocenters. The van der Waals surface area contributed by atoms with Gasteiger partial charge in [-0.25, -0.2) is 0 Å². The minimum atomic E-state index is -0.250. The number of aliphatic hydroxyl groups excluding tert-OH is 1. The van der Waals surface area contributed by atoms with E-state index in [1.54, 1.807) is 0 Å². The Bertz CT molecular complexity index is 575. The molecule has 0 spiro atoms. The standard InChI is InChI=1S/C18H23NO2/c1-14-8-9-16(13-15(14)7-6-12-20)19-17(21)18(2)10-4-3-5-11-18/h8-9,13,20H,3-5,10-12H2,1-2H3,(H,19,21). The van der Waals surface area contributed by atoms with Gasteiger partial charge in [-0.05, 0) is 37.5 Å². The van der Waals surface area contributed by atoms with Gasteiger partial charge in [-0.2, -0.15) is 0 Å². The maximum Gasteiger partial charge on any atom is 0.230 e. The number of aryl methyl sites for hydroxylation is 1. The van der Waals surface area contributed by atoms with Gasteiger partial charge in [0.25, 0.3) is 0 Å². The summed E-state index contributed by atoms with van der Waals surface area (Å²) in [7, 11) is 0. The minimum absolute atomic E-state index is 0.104. The molecule has 0 bridgehead atoms. The zero-order valence-corrected chi connectivity index (χ0v) is 12.8. The summed E-state index contributed by atoms with van der Waals surface area (Å²) < 4.78 is 0. The second-order valence-corrected chi connectivity index (χ2v) is 6.07.